The number of anilines is 2. The number of halogens is 1. The Kier molecular flexibility index (Phi) is 6.86. The number of carbonyl (C=O) groups is 1. The smallest absolute Gasteiger partial charge is 0.256 e. The molecule has 0 unspecified atom stereocenters. The van der Waals surface area contributed by atoms with E-state index in [0.717, 1.165) is 43.7 Å². The van der Waals surface area contributed by atoms with E-state index in [2.05, 4.69) is 25.8 Å². The van der Waals surface area contributed by atoms with Gasteiger partial charge in [-0.05, 0) is 29.2 Å². The van der Waals surface area contributed by atoms with Crippen LogP contribution in [-0.4, -0.2) is 47.2 Å². The number of rotatable bonds is 8. The number of amides is 1. The lowest BCUT2D eigenvalue weighted by Crippen LogP contribution is -2.54. The second kappa shape index (κ2) is 10.2. The van der Waals surface area contributed by atoms with E-state index in [4.69, 9.17) is 16.6 Å². The summed E-state index contributed by atoms with van der Waals surface area (Å²) in [7, 11) is 0. The maximum atomic E-state index is 13.1. The lowest BCUT2D eigenvalue weighted by Gasteiger charge is -2.39. The molecule has 0 aliphatic carbocycles. The van der Waals surface area contributed by atoms with E-state index >= 15 is 0 Å². The van der Waals surface area contributed by atoms with Gasteiger partial charge >= 0.3 is 0 Å². The van der Waals surface area contributed by atoms with Gasteiger partial charge in [0.15, 0.2) is 0 Å². The Labute approximate surface area is 209 Å². The van der Waals surface area contributed by atoms with Gasteiger partial charge in [-0.1, -0.05) is 54.1 Å². The standard InChI is InChI=1S/C26H29ClN6O2/c27-22-10-19(6-7-20(22)14-34)12-29-23-21(24(35)30-11-18-4-2-1-3-5-18)13-31-25(32-23)33-9-8-26(17-33)15-28-16-26/h1-7,10,13,28,34H,8-9,11-12,14-17H2,(H,30,35)(H,29,31,32). The molecule has 5 rings (SSSR count). The molecule has 182 valence electrons. The Hall–Kier alpha value is -3.20. The highest BCUT2D eigenvalue weighted by molar-refractivity contribution is 6.31. The number of hydrogen-bond acceptors (Lipinski definition) is 7. The molecule has 1 amide bonds. The summed E-state index contributed by atoms with van der Waals surface area (Å²) in [6, 6.07) is 15.3. The third kappa shape index (κ3) is 5.24. The van der Waals surface area contributed by atoms with Gasteiger partial charge in [0, 0.05) is 55.9 Å². The van der Waals surface area contributed by atoms with Crippen molar-refractivity contribution < 1.29 is 9.90 Å². The minimum atomic E-state index is -0.238. The molecule has 1 spiro atoms. The first-order valence-electron chi connectivity index (χ1n) is 11.8. The van der Waals surface area contributed by atoms with Gasteiger partial charge in [-0.25, -0.2) is 4.98 Å². The number of aromatic nitrogens is 2. The number of benzene rings is 2. The van der Waals surface area contributed by atoms with Crippen molar-refractivity contribution in [3.63, 3.8) is 0 Å². The van der Waals surface area contributed by atoms with Gasteiger partial charge in [0.05, 0.1) is 6.61 Å². The van der Waals surface area contributed by atoms with E-state index in [1.807, 2.05) is 42.5 Å². The summed E-state index contributed by atoms with van der Waals surface area (Å²) in [4.78, 5) is 24.6. The molecule has 2 fully saturated rings. The molecule has 0 radical (unpaired) electrons. The number of aliphatic hydroxyl groups is 1. The van der Waals surface area contributed by atoms with Crippen molar-refractivity contribution in [1.82, 2.24) is 20.6 Å². The Bertz CT molecular complexity index is 1200. The van der Waals surface area contributed by atoms with Crippen molar-refractivity contribution in [2.45, 2.75) is 26.1 Å². The second-order valence-corrected chi connectivity index (χ2v) is 9.72. The molecule has 1 aromatic heterocycles. The molecule has 2 aliphatic heterocycles. The second-order valence-electron chi connectivity index (χ2n) is 9.31. The first kappa shape index (κ1) is 23.5. The summed E-state index contributed by atoms with van der Waals surface area (Å²) in [6.45, 7) is 4.60. The molecule has 0 saturated carbocycles. The molecule has 35 heavy (non-hydrogen) atoms. The van der Waals surface area contributed by atoms with Crippen LogP contribution in [0.15, 0.2) is 54.7 Å². The van der Waals surface area contributed by atoms with Crippen LogP contribution in [0.3, 0.4) is 0 Å². The fraction of sp³-hybridized carbons (Fsp3) is 0.346. The first-order chi connectivity index (χ1) is 17.0. The third-order valence-corrected chi connectivity index (χ3v) is 7.14. The van der Waals surface area contributed by atoms with Gasteiger partial charge in [0.2, 0.25) is 5.95 Å². The van der Waals surface area contributed by atoms with E-state index < -0.39 is 0 Å². The molecule has 2 aromatic carbocycles. The number of nitrogens with one attached hydrogen (secondary N) is 3. The maximum Gasteiger partial charge on any atom is 0.256 e. The van der Waals surface area contributed by atoms with E-state index in [9.17, 15) is 9.90 Å². The van der Waals surface area contributed by atoms with Crippen molar-refractivity contribution in [2.24, 2.45) is 5.41 Å². The minimum Gasteiger partial charge on any atom is -0.392 e. The predicted octanol–water partition coefficient (Wildman–Crippen LogP) is 2.96. The molecule has 4 N–H and O–H groups in total. The van der Waals surface area contributed by atoms with Gasteiger partial charge in [0.25, 0.3) is 5.91 Å². The average molecular weight is 493 g/mol. The van der Waals surface area contributed by atoms with Crippen LogP contribution in [-0.2, 0) is 19.7 Å². The van der Waals surface area contributed by atoms with Crippen molar-refractivity contribution in [1.29, 1.82) is 0 Å². The first-order valence-corrected chi connectivity index (χ1v) is 12.2. The van der Waals surface area contributed by atoms with Crippen LogP contribution in [0.2, 0.25) is 5.02 Å². The summed E-state index contributed by atoms with van der Waals surface area (Å²) in [5.41, 5.74) is 3.32. The van der Waals surface area contributed by atoms with E-state index in [-0.39, 0.29) is 12.5 Å². The number of nitrogens with zero attached hydrogens (tertiary/aromatic N) is 3. The van der Waals surface area contributed by atoms with E-state index in [1.54, 1.807) is 12.3 Å². The van der Waals surface area contributed by atoms with Gasteiger partial charge in [-0.15, -0.1) is 0 Å². The number of carbonyl (C=O) groups excluding carboxylic acids is 1. The molecule has 3 aromatic rings. The molecule has 2 saturated heterocycles. The maximum absolute atomic E-state index is 13.1. The van der Waals surface area contributed by atoms with Crippen LogP contribution in [0.25, 0.3) is 0 Å². The van der Waals surface area contributed by atoms with Gasteiger partial charge in [-0.3, -0.25) is 4.79 Å². The van der Waals surface area contributed by atoms with Crippen molar-refractivity contribution >= 4 is 29.3 Å². The van der Waals surface area contributed by atoms with Gasteiger partial charge in [0.1, 0.15) is 11.4 Å². The van der Waals surface area contributed by atoms with Gasteiger partial charge in [-0.2, -0.15) is 4.98 Å². The molecule has 9 heteroatoms. The van der Waals surface area contributed by atoms with Crippen molar-refractivity contribution in [3.8, 4) is 0 Å². The SMILES string of the molecule is O=C(NCc1ccccc1)c1cnc(N2CCC3(CNC3)C2)nc1NCc1ccc(CO)c(Cl)c1. The molecule has 2 aliphatic rings. The third-order valence-electron chi connectivity index (χ3n) is 6.79. The number of hydrogen-bond donors (Lipinski definition) is 4. The summed E-state index contributed by atoms with van der Waals surface area (Å²) < 4.78 is 0. The minimum absolute atomic E-state index is 0.111. The summed E-state index contributed by atoms with van der Waals surface area (Å²) in [6.07, 6.45) is 2.72. The van der Waals surface area contributed by atoms with E-state index in [0.29, 0.717) is 46.4 Å². The van der Waals surface area contributed by atoms with Crippen LogP contribution >= 0.6 is 11.6 Å². The van der Waals surface area contributed by atoms with Crippen LogP contribution in [0, 0.1) is 5.41 Å². The highest BCUT2D eigenvalue weighted by Crippen LogP contribution is 2.35. The fourth-order valence-corrected chi connectivity index (χ4v) is 4.85. The Morgan fingerprint density at radius 2 is 1.97 bits per heavy atom. The molecular weight excluding hydrogens is 464 g/mol. The van der Waals surface area contributed by atoms with Gasteiger partial charge < -0.3 is 26.0 Å². The monoisotopic (exact) mass is 492 g/mol. The lowest BCUT2D eigenvalue weighted by atomic mass is 9.81. The average Bonchev–Trinajstić information content (AvgIpc) is 3.33. The number of aliphatic hydroxyl groups excluding tert-OH is 1. The zero-order chi connectivity index (χ0) is 24.3. The summed E-state index contributed by atoms with van der Waals surface area (Å²) in [5.74, 6) is 0.873. The Balaban J connectivity index is 1.35. The molecular formula is C26H29ClN6O2. The normalized spacial score (nSPS) is 16.2. The fourth-order valence-electron chi connectivity index (χ4n) is 4.59. The van der Waals surface area contributed by atoms with Crippen LogP contribution in [0.5, 0.6) is 0 Å². The highest BCUT2D eigenvalue weighted by Gasteiger charge is 2.43. The summed E-state index contributed by atoms with van der Waals surface area (Å²) in [5, 5.41) is 19.5. The lowest BCUT2D eigenvalue weighted by molar-refractivity contribution is 0.0951. The Morgan fingerprint density at radius 3 is 2.66 bits per heavy atom. The predicted molar refractivity (Wildman–Crippen MR) is 136 cm³/mol. The molecule has 8 nitrogen and oxygen atoms in total. The van der Waals surface area contributed by atoms with Crippen LogP contribution in [0.4, 0.5) is 11.8 Å². The topological polar surface area (TPSA) is 102 Å². The van der Waals surface area contributed by atoms with Crippen molar-refractivity contribution in [2.75, 3.05) is 36.4 Å². The van der Waals surface area contributed by atoms with Crippen LogP contribution < -0.4 is 20.9 Å². The quantitative estimate of drug-likeness (QED) is 0.383. The zero-order valence-corrected chi connectivity index (χ0v) is 20.2. The molecule has 0 bridgehead atoms. The largest absolute Gasteiger partial charge is 0.392 e. The zero-order valence-electron chi connectivity index (χ0n) is 19.4. The van der Waals surface area contributed by atoms with E-state index in [1.165, 1.54) is 0 Å². The van der Waals surface area contributed by atoms with Crippen LogP contribution in [0.1, 0.15) is 33.5 Å². The Morgan fingerprint density at radius 1 is 1.14 bits per heavy atom. The molecule has 0 atom stereocenters. The molecule has 3 heterocycles. The highest BCUT2D eigenvalue weighted by atomic mass is 35.5. The van der Waals surface area contributed by atoms with Crippen molar-refractivity contribution in [3.05, 3.63) is 82.0 Å². The summed E-state index contributed by atoms with van der Waals surface area (Å²) >= 11 is 6.26.